The quantitative estimate of drug-likeness (QED) is 0.398. The number of halogens is 1. The number of carbonyl (C=O) groups is 2. The van der Waals surface area contributed by atoms with Crippen molar-refractivity contribution in [2.24, 2.45) is 0 Å². The number of nitrogens with one attached hydrogen (secondary N) is 2. The highest BCUT2D eigenvalue weighted by Gasteiger charge is 2.23. The molecule has 1 atom stereocenters. The van der Waals surface area contributed by atoms with Crippen molar-refractivity contribution in [2.75, 3.05) is 11.1 Å². The Balaban J connectivity index is 1.40. The zero-order valence-electron chi connectivity index (χ0n) is 19.4. The van der Waals surface area contributed by atoms with Crippen LogP contribution in [0, 0.1) is 11.3 Å². The van der Waals surface area contributed by atoms with E-state index in [-0.39, 0.29) is 17.6 Å². The minimum absolute atomic E-state index is 0.131. The number of fused-ring (bicyclic) bond motifs is 1. The molecule has 8 nitrogen and oxygen atoms in total. The molecule has 0 fully saturated rings. The normalized spacial score (nSPS) is 13.5. The van der Waals surface area contributed by atoms with E-state index in [2.05, 4.69) is 26.9 Å². The van der Waals surface area contributed by atoms with Gasteiger partial charge >= 0.3 is 0 Å². The number of thiophene rings is 1. The van der Waals surface area contributed by atoms with Crippen molar-refractivity contribution in [2.45, 2.75) is 57.3 Å². The van der Waals surface area contributed by atoms with Gasteiger partial charge in [-0.1, -0.05) is 35.5 Å². The van der Waals surface area contributed by atoms with Crippen molar-refractivity contribution in [3.05, 3.63) is 56.7 Å². The Bertz CT molecular complexity index is 1300. The third-order valence-corrected chi connectivity index (χ3v) is 8.29. The van der Waals surface area contributed by atoms with E-state index in [1.54, 1.807) is 24.3 Å². The lowest BCUT2D eigenvalue weighted by Gasteiger charge is -2.15. The molecule has 0 aliphatic heterocycles. The highest BCUT2D eigenvalue weighted by Crippen LogP contribution is 2.37. The molecule has 0 radical (unpaired) electrons. The van der Waals surface area contributed by atoms with Crippen molar-refractivity contribution in [3.8, 4) is 6.07 Å². The molecule has 0 spiro atoms. The third kappa shape index (κ3) is 5.53. The maximum atomic E-state index is 12.7. The molecule has 2 N–H and O–H groups in total. The molecule has 1 aliphatic rings. The second kappa shape index (κ2) is 11.2. The number of amides is 2. The molecular weight excluding hydrogens is 504 g/mol. The highest BCUT2D eigenvalue weighted by atomic mass is 35.5. The van der Waals surface area contributed by atoms with Gasteiger partial charge in [-0.05, 0) is 57.2 Å². The summed E-state index contributed by atoms with van der Waals surface area (Å²) in [7, 11) is 0. The van der Waals surface area contributed by atoms with Crippen LogP contribution >= 0.6 is 34.7 Å². The largest absolute Gasteiger partial charge is 0.342 e. The molecule has 0 bridgehead atoms. The maximum absolute atomic E-state index is 12.7. The fourth-order valence-corrected chi connectivity index (χ4v) is 6.36. The summed E-state index contributed by atoms with van der Waals surface area (Å²) in [6.45, 7) is 4.36. The molecule has 2 aromatic heterocycles. The molecule has 2 amide bonds. The number of anilines is 1. The third-order valence-electron chi connectivity index (χ3n) is 5.78. The van der Waals surface area contributed by atoms with Gasteiger partial charge in [0.1, 0.15) is 11.1 Å². The highest BCUT2D eigenvalue weighted by molar-refractivity contribution is 7.99. The average molecular weight is 529 g/mol. The summed E-state index contributed by atoms with van der Waals surface area (Å²) in [6, 6.07) is 8.71. The van der Waals surface area contributed by atoms with Gasteiger partial charge in [0.25, 0.3) is 5.91 Å². The Labute approximate surface area is 217 Å². The van der Waals surface area contributed by atoms with Gasteiger partial charge in [0.15, 0.2) is 11.0 Å². The van der Waals surface area contributed by atoms with Gasteiger partial charge in [0, 0.05) is 11.4 Å². The minimum Gasteiger partial charge on any atom is -0.342 e. The molecule has 4 rings (SSSR count). The van der Waals surface area contributed by atoms with Gasteiger partial charge in [0.2, 0.25) is 5.91 Å². The predicted octanol–water partition coefficient (Wildman–Crippen LogP) is 4.99. The predicted molar refractivity (Wildman–Crippen MR) is 138 cm³/mol. The van der Waals surface area contributed by atoms with E-state index in [0.717, 1.165) is 31.2 Å². The van der Waals surface area contributed by atoms with Crippen LogP contribution in [0.5, 0.6) is 0 Å². The number of aryl methyl sites for hydroxylation is 1. The summed E-state index contributed by atoms with van der Waals surface area (Å²) >= 11 is 8.92. The van der Waals surface area contributed by atoms with E-state index in [4.69, 9.17) is 11.6 Å². The van der Waals surface area contributed by atoms with Gasteiger partial charge in [-0.3, -0.25) is 9.59 Å². The van der Waals surface area contributed by atoms with Crippen LogP contribution < -0.4 is 10.6 Å². The van der Waals surface area contributed by atoms with E-state index >= 15 is 0 Å². The summed E-state index contributed by atoms with van der Waals surface area (Å²) in [5.41, 5.74) is 2.09. The van der Waals surface area contributed by atoms with Crippen molar-refractivity contribution in [3.63, 3.8) is 0 Å². The van der Waals surface area contributed by atoms with Gasteiger partial charge in [-0.25, -0.2) is 0 Å². The number of hydrogen-bond acceptors (Lipinski definition) is 7. The fourth-order valence-electron chi connectivity index (χ4n) is 4.07. The SMILES string of the molecule is CCn1c(SCC(=O)Nc2sc3c(c2C#N)CCCC3)nnc1[C@H](C)NC(=O)c1ccccc1Cl. The molecule has 1 aliphatic carbocycles. The lowest BCUT2D eigenvalue weighted by molar-refractivity contribution is -0.113. The lowest BCUT2D eigenvalue weighted by atomic mass is 9.96. The smallest absolute Gasteiger partial charge is 0.253 e. The summed E-state index contributed by atoms with van der Waals surface area (Å²) in [5, 5.41) is 25.5. The number of thioether (sulfide) groups is 1. The molecule has 2 heterocycles. The Morgan fingerprint density at radius 2 is 2.06 bits per heavy atom. The topological polar surface area (TPSA) is 113 Å². The maximum Gasteiger partial charge on any atom is 0.253 e. The number of hydrogen-bond donors (Lipinski definition) is 2. The average Bonchev–Trinajstić information content (AvgIpc) is 3.43. The molecule has 182 valence electrons. The monoisotopic (exact) mass is 528 g/mol. The summed E-state index contributed by atoms with van der Waals surface area (Å²) in [5.74, 6) is 0.228. The second-order valence-corrected chi connectivity index (χ2v) is 10.6. The van der Waals surface area contributed by atoms with Crippen LogP contribution in [0.1, 0.15) is 64.9 Å². The Morgan fingerprint density at radius 1 is 1.29 bits per heavy atom. The number of nitrogens with zero attached hydrogens (tertiary/aromatic N) is 4. The lowest BCUT2D eigenvalue weighted by Crippen LogP contribution is -2.29. The summed E-state index contributed by atoms with van der Waals surface area (Å²) in [6.07, 6.45) is 4.06. The zero-order valence-corrected chi connectivity index (χ0v) is 21.8. The van der Waals surface area contributed by atoms with Crippen LogP contribution in [0.3, 0.4) is 0 Å². The summed E-state index contributed by atoms with van der Waals surface area (Å²) < 4.78 is 1.88. The number of carbonyl (C=O) groups excluding carboxylic acids is 2. The van der Waals surface area contributed by atoms with Crippen molar-refractivity contribution < 1.29 is 9.59 Å². The van der Waals surface area contributed by atoms with Crippen LogP contribution in [0.2, 0.25) is 5.02 Å². The number of benzene rings is 1. The van der Waals surface area contributed by atoms with Gasteiger partial charge in [-0.2, -0.15) is 5.26 Å². The first kappa shape index (κ1) is 25.2. The fraction of sp³-hybridized carbons (Fsp3) is 0.375. The van der Waals surface area contributed by atoms with Crippen LogP contribution in [0.15, 0.2) is 29.4 Å². The summed E-state index contributed by atoms with van der Waals surface area (Å²) in [4.78, 5) is 26.5. The first-order valence-corrected chi connectivity index (χ1v) is 13.6. The number of aromatic nitrogens is 3. The molecule has 0 saturated heterocycles. The van der Waals surface area contributed by atoms with Crippen molar-refractivity contribution in [1.82, 2.24) is 20.1 Å². The molecule has 0 unspecified atom stereocenters. The first-order chi connectivity index (χ1) is 16.9. The molecule has 35 heavy (non-hydrogen) atoms. The van der Waals surface area contributed by atoms with Crippen LogP contribution in [-0.4, -0.2) is 32.3 Å². The van der Waals surface area contributed by atoms with Crippen LogP contribution in [-0.2, 0) is 24.2 Å². The van der Waals surface area contributed by atoms with E-state index in [1.165, 1.54) is 28.0 Å². The van der Waals surface area contributed by atoms with E-state index in [1.807, 2.05) is 18.4 Å². The van der Waals surface area contributed by atoms with Gasteiger partial charge in [0.05, 0.1) is 27.9 Å². The Morgan fingerprint density at radius 3 is 2.80 bits per heavy atom. The first-order valence-electron chi connectivity index (χ1n) is 11.4. The Hall–Kier alpha value is -2.87. The Kier molecular flexibility index (Phi) is 8.11. The number of nitriles is 1. The molecule has 3 aromatic rings. The second-order valence-electron chi connectivity index (χ2n) is 8.12. The van der Waals surface area contributed by atoms with Crippen LogP contribution in [0.4, 0.5) is 5.00 Å². The van der Waals surface area contributed by atoms with E-state index < -0.39 is 6.04 Å². The zero-order chi connectivity index (χ0) is 24.9. The molecular formula is C24H25ClN6O2S2. The molecule has 11 heteroatoms. The van der Waals surface area contributed by atoms with E-state index in [0.29, 0.717) is 38.7 Å². The van der Waals surface area contributed by atoms with E-state index in [9.17, 15) is 14.9 Å². The minimum atomic E-state index is -0.412. The molecule has 0 saturated carbocycles. The van der Waals surface area contributed by atoms with Crippen molar-refractivity contribution >= 4 is 51.5 Å². The molecule has 1 aromatic carbocycles. The van der Waals surface area contributed by atoms with Crippen LogP contribution in [0.25, 0.3) is 0 Å². The van der Waals surface area contributed by atoms with Gasteiger partial charge < -0.3 is 15.2 Å². The van der Waals surface area contributed by atoms with Crippen molar-refractivity contribution in [1.29, 1.82) is 5.26 Å². The van der Waals surface area contributed by atoms with Gasteiger partial charge in [-0.15, -0.1) is 21.5 Å². The number of rotatable bonds is 8. The standard InChI is InChI=1S/C24H25ClN6O2S2/c1-3-31-21(14(2)27-22(33)16-9-4-6-10-18(16)25)29-30-24(31)34-13-20(32)28-23-17(12-26)15-8-5-7-11-19(15)35-23/h4,6,9-10,14H,3,5,7-8,11,13H2,1-2H3,(H,27,33)(H,28,32)/t14-/m0/s1.